The van der Waals surface area contributed by atoms with Gasteiger partial charge in [0, 0.05) is 18.7 Å². The Labute approximate surface area is 133 Å². The molecule has 1 aromatic heterocycles. The molecular formula is C15H19FN4OS. The largest absolute Gasteiger partial charge is 0.370 e. The van der Waals surface area contributed by atoms with Crippen molar-refractivity contribution in [3.05, 3.63) is 30.1 Å². The van der Waals surface area contributed by atoms with Crippen molar-refractivity contribution in [3.8, 4) is 11.4 Å². The van der Waals surface area contributed by atoms with Crippen molar-refractivity contribution in [3.63, 3.8) is 0 Å². The minimum Gasteiger partial charge on any atom is -0.370 e. The molecule has 0 spiro atoms. The van der Waals surface area contributed by atoms with Crippen LogP contribution in [-0.4, -0.2) is 26.4 Å². The second-order valence-electron chi connectivity index (χ2n) is 5.36. The number of primary amides is 1. The van der Waals surface area contributed by atoms with E-state index in [1.54, 1.807) is 18.2 Å². The molecule has 0 atom stereocenters. The average molecular weight is 322 g/mol. The Kier molecular flexibility index (Phi) is 5.54. The number of nitrogens with zero attached hydrogens (tertiary/aromatic N) is 3. The van der Waals surface area contributed by atoms with E-state index in [1.807, 2.05) is 4.57 Å². The highest BCUT2D eigenvalue weighted by Crippen LogP contribution is 2.27. The highest BCUT2D eigenvalue weighted by molar-refractivity contribution is 7.99. The third kappa shape index (κ3) is 4.07. The normalized spacial score (nSPS) is 11.1. The van der Waals surface area contributed by atoms with Crippen molar-refractivity contribution < 1.29 is 9.18 Å². The maximum Gasteiger partial charge on any atom is 0.218 e. The molecule has 118 valence electrons. The zero-order chi connectivity index (χ0) is 16.1. The lowest BCUT2D eigenvalue weighted by molar-refractivity contribution is -0.117. The molecule has 2 N–H and O–H groups in total. The van der Waals surface area contributed by atoms with Crippen LogP contribution in [0.25, 0.3) is 11.4 Å². The number of halogens is 1. The summed E-state index contributed by atoms with van der Waals surface area (Å²) in [4.78, 5) is 10.8. The van der Waals surface area contributed by atoms with Crippen molar-refractivity contribution in [1.29, 1.82) is 0 Å². The van der Waals surface area contributed by atoms with Crippen molar-refractivity contribution in [1.82, 2.24) is 14.8 Å². The highest BCUT2D eigenvalue weighted by atomic mass is 32.2. The maximum atomic E-state index is 14.0. The van der Waals surface area contributed by atoms with E-state index in [9.17, 15) is 9.18 Å². The quantitative estimate of drug-likeness (QED) is 0.795. The average Bonchev–Trinajstić information content (AvgIpc) is 2.81. The first kappa shape index (κ1) is 16.5. The topological polar surface area (TPSA) is 73.8 Å². The standard InChI is InChI=1S/C15H19FN4OS/c1-10(2)9-20-14(11-5-3-4-6-12(11)16)18-19-15(20)22-8-7-13(17)21/h3-6,10H,7-9H2,1-2H3,(H2,17,21). The maximum absolute atomic E-state index is 14.0. The van der Waals surface area contributed by atoms with Gasteiger partial charge in [-0.25, -0.2) is 4.39 Å². The van der Waals surface area contributed by atoms with Gasteiger partial charge in [-0.15, -0.1) is 10.2 Å². The monoisotopic (exact) mass is 322 g/mol. The molecule has 0 unspecified atom stereocenters. The lowest BCUT2D eigenvalue weighted by Crippen LogP contribution is -2.12. The van der Waals surface area contributed by atoms with Crippen LogP contribution in [0.5, 0.6) is 0 Å². The van der Waals surface area contributed by atoms with Crippen LogP contribution < -0.4 is 5.73 Å². The van der Waals surface area contributed by atoms with E-state index in [4.69, 9.17) is 5.73 Å². The summed E-state index contributed by atoms with van der Waals surface area (Å²) in [6, 6.07) is 6.51. The fourth-order valence-corrected chi connectivity index (χ4v) is 2.91. The lowest BCUT2D eigenvalue weighted by atomic mass is 10.2. The molecule has 0 fully saturated rings. The molecular weight excluding hydrogens is 303 g/mol. The van der Waals surface area contributed by atoms with Crippen LogP contribution in [0.15, 0.2) is 29.4 Å². The summed E-state index contributed by atoms with van der Waals surface area (Å²) in [6.45, 7) is 4.82. The number of benzene rings is 1. The van der Waals surface area contributed by atoms with Crippen molar-refractivity contribution >= 4 is 17.7 Å². The zero-order valence-corrected chi connectivity index (χ0v) is 13.4. The molecule has 2 aromatic rings. The Bertz CT molecular complexity index is 657. The second kappa shape index (κ2) is 7.40. The Balaban J connectivity index is 2.32. The molecule has 0 saturated heterocycles. The molecule has 1 heterocycles. The van der Waals surface area contributed by atoms with E-state index in [-0.39, 0.29) is 18.1 Å². The van der Waals surface area contributed by atoms with Gasteiger partial charge < -0.3 is 10.3 Å². The summed E-state index contributed by atoms with van der Waals surface area (Å²) in [5, 5.41) is 8.95. The Morgan fingerprint density at radius 1 is 1.36 bits per heavy atom. The molecule has 22 heavy (non-hydrogen) atoms. The Morgan fingerprint density at radius 2 is 2.09 bits per heavy atom. The van der Waals surface area contributed by atoms with Gasteiger partial charge in [-0.2, -0.15) is 0 Å². The van der Waals surface area contributed by atoms with Gasteiger partial charge in [-0.3, -0.25) is 4.79 Å². The van der Waals surface area contributed by atoms with Gasteiger partial charge in [-0.1, -0.05) is 37.7 Å². The molecule has 0 aliphatic carbocycles. The smallest absolute Gasteiger partial charge is 0.218 e. The molecule has 0 radical (unpaired) electrons. The van der Waals surface area contributed by atoms with E-state index in [0.717, 1.165) is 0 Å². The van der Waals surface area contributed by atoms with Crippen LogP contribution >= 0.6 is 11.8 Å². The number of amides is 1. The summed E-state index contributed by atoms with van der Waals surface area (Å²) in [6.07, 6.45) is 0.272. The molecule has 1 aromatic carbocycles. The number of carbonyl (C=O) groups is 1. The molecule has 2 rings (SSSR count). The molecule has 0 saturated carbocycles. The first-order valence-electron chi connectivity index (χ1n) is 7.08. The molecule has 7 heteroatoms. The number of rotatable bonds is 7. The predicted octanol–water partition coefficient (Wildman–Crippen LogP) is 2.71. The van der Waals surface area contributed by atoms with Crippen molar-refractivity contribution in [2.24, 2.45) is 11.7 Å². The highest BCUT2D eigenvalue weighted by Gasteiger charge is 2.17. The number of hydrogen-bond donors (Lipinski definition) is 1. The first-order valence-corrected chi connectivity index (χ1v) is 8.06. The van der Waals surface area contributed by atoms with Gasteiger partial charge in [0.2, 0.25) is 5.91 Å². The minimum absolute atomic E-state index is 0.272. The van der Waals surface area contributed by atoms with Gasteiger partial charge in [0.25, 0.3) is 0 Å². The molecule has 0 aliphatic rings. The molecule has 0 bridgehead atoms. The number of carbonyl (C=O) groups excluding carboxylic acids is 1. The SMILES string of the molecule is CC(C)Cn1c(SCCC(N)=O)nnc1-c1ccccc1F. The fourth-order valence-electron chi connectivity index (χ4n) is 2.01. The van der Waals surface area contributed by atoms with E-state index >= 15 is 0 Å². The number of hydrogen-bond acceptors (Lipinski definition) is 4. The van der Waals surface area contributed by atoms with Crippen LogP contribution in [0.2, 0.25) is 0 Å². The van der Waals surface area contributed by atoms with Gasteiger partial charge >= 0.3 is 0 Å². The number of thioether (sulfide) groups is 1. The van der Waals surface area contributed by atoms with Crippen LogP contribution in [0.3, 0.4) is 0 Å². The van der Waals surface area contributed by atoms with Crippen molar-refractivity contribution in [2.45, 2.75) is 32.0 Å². The second-order valence-corrected chi connectivity index (χ2v) is 6.42. The summed E-state index contributed by atoms with van der Waals surface area (Å²) < 4.78 is 15.9. The van der Waals surface area contributed by atoms with Crippen LogP contribution in [-0.2, 0) is 11.3 Å². The molecule has 5 nitrogen and oxygen atoms in total. The Morgan fingerprint density at radius 3 is 2.73 bits per heavy atom. The predicted molar refractivity (Wildman–Crippen MR) is 84.8 cm³/mol. The van der Waals surface area contributed by atoms with Crippen LogP contribution in [0.4, 0.5) is 4.39 Å². The van der Waals surface area contributed by atoms with Gasteiger partial charge in [-0.05, 0) is 18.1 Å². The van der Waals surface area contributed by atoms with Gasteiger partial charge in [0.15, 0.2) is 11.0 Å². The van der Waals surface area contributed by atoms with Crippen molar-refractivity contribution in [2.75, 3.05) is 5.75 Å². The summed E-state index contributed by atoms with van der Waals surface area (Å²) in [5.74, 6) is 0.721. The fraction of sp³-hybridized carbons (Fsp3) is 0.400. The summed E-state index contributed by atoms with van der Waals surface area (Å²) in [5.41, 5.74) is 5.57. The minimum atomic E-state index is -0.350. The van der Waals surface area contributed by atoms with E-state index in [0.29, 0.717) is 34.8 Å². The third-order valence-corrected chi connectivity index (χ3v) is 3.93. The number of nitrogens with two attached hydrogens (primary N) is 1. The van der Waals surface area contributed by atoms with Crippen LogP contribution in [0, 0.1) is 11.7 Å². The summed E-state index contributed by atoms with van der Waals surface area (Å²) >= 11 is 1.40. The van der Waals surface area contributed by atoms with E-state index < -0.39 is 0 Å². The number of aromatic nitrogens is 3. The summed E-state index contributed by atoms with van der Waals surface area (Å²) in [7, 11) is 0. The van der Waals surface area contributed by atoms with E-state index in [1.165, 1.54) is 17.8 Å². The third-order valence-electron chi connectivity index (χ3n) is 2.96. The lowest BCUT2D eigenvalue weighted by Gasteiger charge is -2.12. The van der Waals surface area contributed by atoms with E-state index in [2.05, 4.69) is 24.0 Å². The Hall–Kier alpha value is -1.89. The molecule has 1 amide bonds. The first-order chi connectivity index (χ1) is 10.5. The van der Waals surface area contributed by atoms with Gasteiger partial charge in [0.05, 0.1) is 5.56 Å². The van der Waals surface area contributed by atoms with Gasteiger partial charge in [0.1, 0.15) is 5.82 Å². The molecule has 0 aliphatic heterocycles. The van der Waals surface area contributed by atoms with Crippen LogP contribution in [0.1, 0.15) is 20.3 Å². The zero-order valence-electron chi connectivity index (χ0n) is 12.6.